The Morgan fingerprint density at radius 3 is 2.55 bits per heavy atom. The zero-order valence-corrected chi connectivity index (χ0v) is 12.2. The summed E-state index contributed by atoms with van der Waals surface area (Å²) in [4.78, 5) is 22.4. The molecule has 0 aliphatic rings. The third kappa shape index (κ3) is 4.22. The molecule has 0 bridgehead atoms. The number of rotatable bonds is 5. The molecule has 0 saturated heterocycles. The molecule has 0 saturated carbocycles. The molecule has 0 aliphatic carbocycles. The second kappa shape index (κ2) is 6.36. The standard InChI is InChI=1S/C14H20N2O4/c1-5-8-20-10-6-7-11(12(9-10)16(18)19)15-13(17)14(2,3)4/h6-7,9H,5,8H2,1-4H3,(H,15,17). The van der Waals surface area contributed by atoms with E-state index in [1.807, 2.05) is 6.92 Å². The molecule has 0 aromatic heterocycles. The third-order valence-electron chi connectivity index (χ3n) is 2.57. The molecule has 0 fully saturated rings. The fourth-order valence-electron chi connectivity index (χ4n) is 1.39. The lowest BCUT2D eigenvalue weighted by atomic mass is 9.95. The number of hydrogen-bond donors (Lipinski definition) is 1. The smallest absolute Gasteiger partial charge is 0.296 e. The first-order valence-corrected chi connectivity index (χ1v) is 6.48. The maximum atomic E-state index is 11.9. The summed E-state index contributed by atoms with van der Waals surface area (Å²) in [6.07, 6.45) is 0.816. The van der Waals surface area contributed by atoms with Crippen LogP contribution in [-0.4, -0.2) is 17.4 Å². The van der Waals surface area contributed by atoms with Gasteiger partial charge in [0, 0.05) is 5.41 Å². The second-order valence-electron chi connectivity index (χ2n) is 5.49. The van der Waals surface area contributed by atoms with Gasteiger partial charge >= 0.3 is 0 Å². The first kappa shape index (κ1) is 15.9. The van der Waals surface area contributed by atoms with Gasteiger partial charge in [0.05, 0.1) is 17.6 Å². The molecule has 0 aliphatic heterocycles. The van der Waals surface area contributed by atoms with Crippen molar-refractivity contribution in [3.8, 4) is 5.75 Å². The van der Waals surface area contributed by atoms with Gasteiger partial charge in [0.2, 0.25) is 5.91 Å². The molecule has 0 heterocycles. The number of nitro benzene ring substituents is 1. The molecule has 20 heavy (non-hydrogen) atoms. The molecule has 1 aromatic carbocycles. The average molecular weight is 280 g/mol. The molecule has 0 radical (unpaired) electrons. The highest BCUT2D eigenvalue weighted by atomic mass is 16.6. The van der Waals surface area contributed by atoms with Crippen molar-refractivity contribution < 1.29 is 14.5 Å². The Balaban J connectivity index is 3.02. The largest absolute Gasteiger partial charge is 0.493 e. The van der Waals surface area contributed by atoms with E-state index in [1.54, 1.807) is 26.8 Å². The number of carbonyl (C=O) groups is 1. The fourth-order valence-corrected chi connectivity index (χ4v) is 1.39. The quantitative estimate of drug-likeness (QED) is 0.662. The predicted octanol–water partition coefficient (Wildman–Crippen LogP) is 3.37. The number of hydrogen-bond acceptors (Lipinski definition) is 4. The predicted molar refractivity (Wildman–Crippen MR) is 77.0 cm³/mol. The van der Waals surface area contributed by atoms with Crippen molar-refractivity contribution in [1.82, 2.24) is 0 Å². The van der Waals surface area contributed by atoms with Crippen molar-refractivity contribution in [1.29, 1.82) is 0 Å². The zero-order valence-electron chi connectivity index (χ0n) is 12.2. The minimum atomic E-state index is -0.620. The molecule has 110 valence electrons. The van der Waals surface area contributed by atoms with E-state index in [9.17, 15) is 14.9 Å². The van der Waals surface area contributed by atoms with E-state index in [1.165, 1.54) is 12.1 Å². The Morgan fingerprint density at radius 1 is 1.40 bits per heavy atom. The van der Waals surface area contributed by atoms with Crippen LogP contribution in [0.4, 0.5) is 11.4 Å². The van der Waals surface area contributed by atoms with Crippen LogP contribution in [0.15, 0.2) is 18.2 Å². The number of nitrogens with one attached hydrogen (secondary N) is 1. The highest BCUT2D eigenvalue weighted by Crippen LogP contribution is 2.30. The highest BCUT2D eigenvalue weighted by molar-refractivity contribution is 5.96. The molecule has 0 unspecified atom stereocenters. The third-order valence-corrected chi connectivity index (χ3v) is 2.57. The summed E-state index contributed by atoms with van der Waals surface area (Å²) in [5.74, 6) is 0.148. The van der Waals surface area contributed by atoms with Crippen molar-refractivity contribution in [2.75, 3.05) is 11.9 Å². The lowest BCUT2D eigenvalue weighted by Gasteiger charge is -2.17. The molecule has 0 spiro atoms. The number of benzene rings is 1. The second-order valence-corrected chi connectivity index (χ2v) is 5.49. The van der Waals surface area contributed by atoms with Gasteiger partial charge in [-0.15, -0.1) is 0 Å². The van der Waals surface area contributed by atoms with E-state index in [0.717, 1.165) is 6.42 Å². The molecule has 1 rings (SSSR count). The van der Waals surface area contributed by atoms with Gasteiger partial charge in [-0.1, -0.05) is 27.7 Å². The molecule has 1 aromatic rings. The fraction of sp³-hybridized carbons (Fsp3) is 0.500. The van der Waals surface area contributed by atoms with E-state index < -0.39 is 10.3 Å². The molecular weight excluding hydrogens is 260 g/mol. The Bertz CT molecular complexity index is 506. The molecule has 6 heteroatoms. The van der Waals surface area contributed by atoms with Gasteiger partial charge in [-0.05, 0) is 18.6 Å². The van der Waals surface area contributed by atoms with Crippen LogP contribution < -0.4 is 10.1 Å². The van der Waals surface area contributed by atoms with Crippen molar-refractivity contribution in [3.63, 3.8) is 0 Å². The van der Waals surface area contributed by atoms with Gasteiger partial charge in [-0.2, -0.15) is 0 Å². The van der Waals surface area contributed by atoms with Gasteiger partial charge < -0.3 is 10.1 Å². The van der Waals surface area contributed by atoms with Crippen LogP contribution in [-0.2, 0) is 4.79 Å². The number of nitro groups is 1. The van der Waals surface area contributed by atoms with E-state index in [-0.39, 0.29) is 17.3 Å². The normalized spacial score (nSPS) is 11.0. The lowest BCUT2D eigenvalue weighted by molar-refractivity contribution is -0.384. The summed E-state index contributed by atoms with van der Waals surface area (Å²) in [7, 11) is 0. The van der Waals surface area contributed by atoms with Gasteiger partial charge in [0.1, 0.15) is 11.4 Å². The summed E-state index contributed by atoms with van der Waals surface area (Å²) >= 11 is 0. The summed E-state index contributed by atoms with van der Waals surface area (Å²) < 4.78 is 5.36. The monoisotopic (exact) mass is 280 g/mol. The topological polar surface area (TPSA) is 81.5 Å². The van der Waals surface area contributed by atoms with Crippen molar-refractivity contribution >= 4 is 17.3 Å². The van der Waals surface area contributed by atoms with Crippen LogP contribution in [0.1, 0.15) is 34.1 Å². The maximum Gasteiger partial charge on any atom is 0.296 e. The summed E-state index contributed by atoms with van der Waals surface area (Å²) in [6.45, 7) is 7.67. The molecular formula is C14H20N2O4. The highest BCUT2D eigenvalue weighted by Gasteiger charge is 2.24. The van der Waals surface area contributed by atoms with Crippen LogP contribution in [0.3, 0.4) is 0 Å². The van der Waals surface area contributed by atoms with Crippen LogP contribution in [0, 0.1) is 15.5 Å². The van der Waals surface area contributed by atoms with Gasteiger partial charge in [-0.3, -0.25) is 14.9 Å². The number of carbonyl (C=O) groups excluding carboxylic acids is 1. The number of anilines is 1. The number of amides is 1. The first-order valence-electron chi connectivity index (χ1n) is 6.48. The SMILES string of the molecule is CCCOc1ccc(NC(=O)C(C)(C)C)c([N+](=O)[O-])c1. The van der Waals surface area contributed by atoms with Crippen LogP contribution >= 0.6 is 0 Å². The average Bonchev–Trinajstić information content (AvgIpc) is 2.36. The van der Waals surface area contributed by atoms with Gasteiger partial charge in [0.15, 0.2) is 0 Å². The number of ether oxygens (including phenoxy) is 1. The molecule has 6 nitrogen and oxygen atoms in total. The summed E-state index contributed by atoms with van der Waals surface area (Å²) in [5.41, 5.74) is -0.611. The van der Waals surface area contributed by atoms with E-state index in [2.05, 4.69) is 5.32 Å². The first-order chi connectivity index (χ1) is 9.25. The van der Waals surface area contributed by atoms with Gasteiger partial charge in [-0.25, -0.2) is 0 Å². The minimum absolute atomic E-state index is 0.170. The van der Waals surface area contributed by atoms with Crippen LogP contribution in [0.5, 0.6) is 5.75 Å². The van der Waals surface area contributed by atoms with Crippen molar-refractivity contribution in [3.05, 3.63) is 28.3 Å². The lowest BCUT2D eigenvalue weighted by Crippen LogP contribution is -2.27. The molecule has 1 amide bonds. The Morgan fingerprint density at radius 2 is 2.05 bits per heavy atom. The van der Waals surface area contributed by atoms with Crippen molar-refractivity contribution in [2.45, 2.75) is 34.1 Å². The van der Waals surface area contributed by atoms with E-state index in [0.29, 0.717) is 12.4 Å². The zero-order chi connectivity index (χ0) is 15.3. The Labute approximate surface area is 118 Å². The Hall–Kier alpha value is -2.11. The van der Waals surface area contributed by atoms with Crippen molar-refractivity contribution in [2.24, 2.45) is 5.41 Å². The molecule has 0 atom stereocenters. The maximum absolute atomic E-state index is 11.9. The van der Waals surface area contributed by atoms with E-state index >= 15 is 0 Å². The minimum Gasteiger partial charge on any atom is -0.493 e. The number of nitrogens with zero attached hydrogens (tertiary/aromatic N) is 1. The van der Waals surface area contributed by atoms with E-state index in [4.69, 9.17) is 4.74 Å². The summed E-state index contributed by atoms with van der Waals surface area (Å²) in [6, 6.07) is 4.43. The van der Waals surface area contributed by atoms with Crippen LogP contribution in [0.2, 0.25) is 0 Å². The summed E-state index contributed by atoms with van der Waals surface area (Å²) in [5, 5.41) is 13.7. The van der Waals surface area contributed by atoms with Crippen LogP contribution in [0.25, 0.3) is 0 Å². The van der Waals surface area contributed by atoms with Gasteiger partial charge in [0.25, 0.3) is 5.69 Å². The Kier molecular flexibility index (Phi) is 5.07. The molecule has 1 N–H and O–H groups in total.